The van der Waals surface area contributed by atoms with E-state index in [0.717, 1.165) is 21.3 Å². The number of benzene rings is 2. The molecular formula is C20H16ClNO3S2. The molecule has 0 radical (unpaired) electrons. The number of aromatic nitrogens is 1. The minimum Gasteiger partial charge on any atom is -0.454 e. The Morgan fingerprint density at radius 2 is 1.74 bits per heavy atom. The van der Waals surface area contributed by atoms with Gasteiger partial charge in [0.2, 0.25) is 0 Å². The highest BCUT2D eigenvalue weighted by Gasteiger charge is 2.12. The summed E-state index contributed by atoms with van der Waals surface area (Å²) in [7, 11) is 0. The average molecular weight is 418 g/mol. The molecule has 3 aromatic rings. The Balaban J connectivity index is 1.51. The van der Waals surface area contributed by atoms with Gasteiger partial charge in [0.25, 0.3) is 0 Å². The van der Waals surface area contributed by atoms with Crippen LogP contribution in [0.25, 0.3) is 0 Å². The van der Waals surface area contributed by atoms with Crippen LogP contribution in [-0.4, -0.2) is 23.3 Å². The Hall–Kier alpha value is -2.15. The second-order valence-electron chi connectivity index (χ2n) is 5.68. The Bertz CT molecular complexity index is 937. The minimum atomic E-state index is -0.524. The molecule has 0 bridgehead atoms. The number of Topliss-reactive ketones (excluding diaryl/α,β-unsaturated/α-hetero) is 1. The maximum Gasteiger partial charge on any atom is 0.338 e. The van der Waals surface area contributed by atoms with E-state index >= 15 is 0 Å². The number of thiazole rings is 1. The van der Waals surface area contributed by atoms with Crippen molar-refractivity contribution in [2.75, 3.05) is 6.61 Å². The van der Waals surface area contributed by atoms with Gasteiger partial charge in [-0.25, -0.2) is 9.78 Å². The molecule has 0 N–H and O–H groups in total. The molecule has 3 rings (SSSR count). The van der Waals surface area contributed by atoms with Gasteiger partial charge in [0.05, 0.1) is 16.3 Å². The van der Waals surface area contributed by atoms with Gasteiger partial charge >= 0.3 is 5.97 Å². The topological polar surface area (TPSA) is 56.3 Å². The molecule has 0 aliphatic heterocycles. The van der Waals surface area contributed by atoms with Crippen molar-refractivity contribution in [1.82, 2.24) is 4.98 Å². The molecule has 0 saturated carbocycles. The van der Waals surface area contributed by atoms with E-state index < -0.39 is 5.97 Å². The molecule has 4 nitrogen and oxygen atoms in total. The standard InChI is InChI=1S/C20H16ClNO3S2/c1-13-22-17(11-26-13)12-27-18-8-4-15(5-9-18)20(24)25-10-19(23)14-2-6-16(21)7-3-14/h2-9,11H,10,12H2,1H3. The summed E-state index contributed by atoms with van der Waals surface area (Å²) < 4.78 is 5.11. The predicted molar refractivity (Wildman–Crippen MR) is 109 cm³/mol. The lowest BCUT2D eigenvalue weighted by atomic mass is 10.1. The van der Waals surface area contributed by atoms with E-state index in [1.54, 1.807) is 59.5 Å². The number of thioether (sulfide) groups is 1. The van der Waals surface area contributed by atoms with Crippen LogP contribution >= 0.6 is 34.7 Å². The summed E-state index contributed by atoms with van der Waals surface area (Å²) in [5.74, 6) is -0.0151. The first-order valence-corrected chi connectivity index (χ1v) is 10.4. The van der Waals surface area contributed by atoms with Crippen LogP contribution in [0.5, 0.6) is 0 Å². The van der Waals surface area contributed by atoms with E-state index in [9.17, 15) is 9.59 Å². The first kappa shape index (κ1) is 19.6. The summed E-state index contributed by atoms with van der Waals surface area (Å²) in [6.45, 7) is 1.68. The van der Waals surface area contributed by atoms with E-state index in [1.165, 1.54) is 0 Å². The first-order valence-electron chi connectivity index (χ1n) is 8.11. The molecule has 0 aliphatic rings. The van der Waals surface area contributed by atoms with Gasteiger partial charge in [0.15, 0.2) is 12.4 Å². The number of hydrogen-bond donors (Lipinski definition) is 0. The van der Waals surface area contributed by atoms with E-state index in [2.05, 4.69) is 4.98 Å². The minimum absolute atomic E-state index is 0.272. The van der Waals surface area contributed by atoms with Crippen molar-refractivity contribution < 1.29 is 14.3 Å². The van der Waals surface area contributed by atoms with Gasteiger partial charge in [-0.2, -0.15) is 0 Å². The van der Waals surface area contributed by atoms with Gasteiger partial charge in [-0.3, -0.25) is 4.79 Å². The lowest BCUT2D eigenvalue weighted by molar-refractivity contribution is 0.0474. The third-order valence-corrected chi connectivity index (χ3v) is 5.76. The van der Waals surface area contributed by atoms with Gasteiger partial charge in [-0.05, 0) is 55.5 Å². The summed E-state index contributed by atoms with van der Waals surface area (Å²) in [4.78, 5) is 29.6. The van der Waals surface area contributed by atoms with Crippen LogP contribution in [0.3, 0.4) is 0 Å². The fourth-order valence-electron chi connectivity index (χ4n) is 2.25. The van der Waals surface area contributed by atoms with Gasteiger partial charge in [0.1, 0.15) is 0 Å². The molecule has 0 fully saturated rings. The third kappa shape index (κ3) is 5.66. The molecule has 138 valence electrons. The summed E-state index contributed by atoms with van der Waals surface area (Å²) in [5.41, 5.74) is 1.91. The molecular weight excluding hydrogens is 402 g/mol. The first-order chi connectivity index (χ1) is 13.0. The Morgan fingerprint density at radius 1 is 1.07 bits per heavy atom. The Kier molecular flexibility index (Phi) is 6.66. The third-order valence-electron chi connectivity index (χ3n) is 3.64. The average Bonchev–Trinajstić information content (AvgIpc) is 3.10. The molecule has 1 heterocycles. The van der Waals surface area contributed by atoms with Crippen molar-refractivity contribution in [2.45, 2.75) is 17.6 Å². The number of esters is 1. The number of carbonyl (C=O) groups is 2. The lowest BCUT2D eigenvalue weighted by Gasteiger charge is -2.06. The highest BCUT2D eigenvalue weighted by Crippen LogP contribution is 2.24. The zero-order valence-electron chi connectivity index (χ0n) is 14.5. The van der Waals surface area contributed by atoms with Crippen molar-refractivity contribution in [3.05, 3.63) is 80.8 Å². The van der Waals surface area contributed by atoms with E-state index in [1.807, 2.05) is 24.4 Å². The molecule has 1 aromatic heterocycles. The van der Waals surface area contributed by atoms with Crippen molar-refractivity contribution in [1.29, 1.82) is 0 Å². The van der Waals surface area contributed by atoms with E-state index in [0.29, 0.717) is 16.1 Å². The van der Waals surface area contributed by atoms with Crippen molar-refractivity contribution in [2.24, 2.45) is 0 Å². The normalized spacial score (nSPS) is 10.6. The van der Waals surface area contributed by atoms with Crippen molar-refractivity contribution in [3.8, 4) is 0 Å². The molecule has 0 atom stereocenters. The molecule has 0 amide bonds. The van der Waals surface area contributed by atoms with Crippen LogP contribution < -0.4 is 0 Å². The van der Waals surface area contributed by atoms with Crippen molar-refractivity contribution in [3.63, 3.8) is 0 Å². The van der Waals surface area contributed by atoms with Gasteiger partial charge < -0.3 is 4.74 Å². The quantitative estimate of drug-likeness (QED) is 0.291. The fourth-order valence-corrected chi connectivity index (χ4v) is 3.89. The number of rotatable bonds is 7. The highest BCUT2D eigenvalue weighted by atomic mass is 35.5. The number of aryl methyl sites for hydroxylation is 1. The maximum atomic E-state index is 12.1. The zero-order chi connectivity index (χ0) is 19.2. The molecule has 0 unspecified atom stereocenters. The number of ether oxygens (including phenoxy) is 1. The highest BCUT2D eigenvalue weighted by molar-refractivity contribution is 7.98. The second kappa shape index (κ2) is 9.17. The summed E-state index contributed by atoms with van der Waals surface area (Å²) >= 11 is 9.08. The van der Waals surface area contributed by atoms with Crippen LogP contribution in [0.1, 0.15) is 31.4 Å². The van der Waals surface area contributed by atoms with Crippen LogP contribution in [-0.2, 0) is 10.5 Å². The molecule has 0 spiro atoms. The van der Waals surface area contributed by atoms with E-state index in [4.69, 9.17) is 16.3 Å². The van der Waals surface area contributed by atoms with Crippen LogP contribution in [0, 0.1) is 6.92 Å². The summed E-state index contributed by atoms with van der Waals surface area (Å²) in [6.07, 6.45) is 0. The number of ketones is 1. The number of halogens is 1. The molecule has 2 aromatic carbocycles. The lowest BCUT2D eigenvalue weighted by Crippen LogP contribution is -2.14. The number of hydrogen-bond acceptors (Lipinski definition) is 6. The van der Waals surface area contributed by atoms with E-state index in [-0.39, 0.29) is 12.4 Å². The number of carbonyl (C=O) groups excluding carboxylic acids is 2. The molecule has 7 heteroatoms. The molecule has 27 heavy (non-hydrogen) atoms. The molecule has 0 saturated heterocycles. The van der Waals surface area contributed by atoms with Gasteiger partial charge in [0, 0.05) is 26.6 Å². The maximum absolute atomic E-state index is 12.1. The number of nitrogens with zero attached hydrogens (tertiary/aromatic N) is 1. The second-order valence-corrected chi connectivity index (χ2v) is 8.22. The SMILES string of the molecule is Cc1nc(CSc2ccc(C(=O)OCC(=O)c3ccc(Cl)cc3)cc2)cs1. The Morgan fingerprint density at radius 3 is 2.37 bits per heavy atom. The summed E-state index contributed by atoms with van der Waals surface area (Å²) in [6, 6.07) is 13.6. The van der Waals surface area contributed by atoms with Crippen molar-refractivity contribution >= 4 is 46.5 Å². The van der Waals surface area contributed by atoms with Gasteiger partial charge in [-0.15, -0.1) is 23.1 Å². The predicted octanol–water partition coefficient (Wildman–Crippen LogP) is 5.44. The fraction of sp³-hybridized carbons (Fsp3) is 0.150. The van der Waals surface area contributed by atoms with Gasteiger partial charge in [-0.1, -0.05) is 11.6 Å². The zero-order valence-corrected chi connectivity index (χ0v) is 16.9. The van der Waals surface area contributed by atoms with Crippen LogP contribution in [0.4, 0.5) is 0 Å². The smallest absolute Gasteiger partial charge is 0.338 e. The van der Waals surface area contributed by atoms with Crippen LogP contribution in [0.15, 0.2) is 58.8 Å². The largest absolute Gasteiger partial charge is 0.454 e. The molecule has 0 aliphatic carbocycles. The van der Waals surface area contributed by atoms with Crippen LogP contribution in [0.2, 0.25) is 5.02 Å². The Labute approximate surface area is 170 Å². The summed E-state index contributed by atoms with van der Waals surface area (Å²) in [5, 5.41) is 3.65. The monoisotopic (exact) mass is 417 g/mol.